The number of hydrogen-bond acceptors (Lipinski definition) is 13. The molecule has 126 heavy (non-hydrogen) atoms. The van der Waals surface area contributed by atoms with Gasteiger partial charge in [0.25, 0.3) is 0 Å². The second-order valence-electron chi connectivity index (χ2n) is 29.9. The highest BCUT2D eigenvalue weighted by molar-refractivity contribution is 5.82. The Labute approximate surface area is 730 Å². The molecule has 0 atom stereocenters. The monoisotopic (exact) mass is 1620 g/mol. The van der Waals surface area contributed by atoms with Crippen molar-refractivity contribution in [2.24, 2.45) is 0 Å². The fourth-order valence-corrected chi connectivity index (χ4v) is 15.0. The summed E-state index contributed by atoms with van der Waals surface area (Å²) >= 11 is 0. The highest BCUT2D eigenvalue weighted by Crippen LogP contribution is 2.38. The zero-order valence-electron chi connectivity index (χ0n) is 68.3. The van der Waals surface area contributed by atoms with Gasteiger partial charge in [-0.1, -0.05) is 297 Å². The zero-order valence-corrected chi connectivity index (χ0v) is 68.3. The van der Waals surface area contributed by atoms with Crippen LogP contribution in [0.4, 0.5) is 0 Å². The van der Waals surface area contributed by atoms with Crippen LogP contribution in [0.1, 0.15) is 0 Å². The van der Waals surface area contributed by atoms with Crippen LogP contribution < -0.4 is 0 Å². The molecule has 21 aromatic rings. The Balaban J connectivity index is 0.000000123. The van der Waals surface area contributed by atoms with Gasteiger partial charge in [-0.05, 0) is 160 Å². The van der Waals surface area contributed by atoms with Gasteiger partial charge in [-0.25, -0.2) is 29.9 Å². The van der Waals surface area contributed by atoms with Gasteiger partial charge >= 0.3 is 0 Å². The van der Waals surface area contributed by atoms with Crippen LogP contribution in [-0.4, -0.2) is 64.8 Å². The van der Waals surface area contributed by atoms with Crippen molar-refractivity contribution in [1.82, 2.24) is 64.8 Å². The number of nitrogens with zero attached hydrogens (tertiary/aromatic N) is 13. The van der Waals surface area contributed by atoms with E-state index < -0.39 is 0 Å². The van der Waals surface area contributed by atoms with Crippen molar-refractivity contribution in [3.8, 4) is 203 Å². The van der Waals surface area contributed by atoms with Gasteiger partial charge in [0.05, 0.1) is 62.6 Å². The minimum Gasteiger partial charge on any atom is -0.265 e. The van der Waals surface area contributed by atoms with E-state index in [2.05, 4.69) is 320 Å². The molecule has 0 aliphatic rings. The summed E-state index contributed by atoms with van der Waals surface area (Å²) in [6, 6.07) is 140. The van der Waals surface area contributed by atoms with Crippen LogP contribution in [0.25, 0.3) is 203 Å². The highest BCUT2D eigenvalue weighted by Gasteiger charge is 2.18. The van der Waals surface area contributed by atoms with E-state index in [-0.39, 0.29) is 0 Å². The minimum absolute atomic E-state index is 0.665. The molecule has 13 heteroatoms. The van der Waals surface area contributed by atoms with Gasteiger partial charge in [0.15, 0.2) is 17.5 Å². The fourth-order valence-electron chi connectivity index (χ4n) is 15.0. The second-order valence-corrected chi connectivity index (χ2v) is 29.9. The Morgan fingerprint density at radius 2 is 0.286 bits per heavy atom. The predicted molar refractivity (Wildman–Crippen MR) is 509 cm³/mol. The van der Waals surface area contributed by atoms with Gasteiger partial charge in [0.1, 0.15) is 0 Å². The first kappa shape index (κ1) is 78.6. The van der Waals surface area contributed by atoms with E-state index in [1.807, 2.05) is 177 Å². The average Bonchev–Trinajstić information content (AvgIpc) is 0.796. The maximum Gasteiger partial charge on any atom is 0.160 e. The molecule has 0 radical (unpaired) electrons. The summed E-state index contributed by atoms with van der Waals surface area (Å²) in [5, 5.41) is 0. The SMILES string of the molecule is c1ccc(-c2ccc(-c3cc(-c4ccc(-c5ccccc5)cc4)nc(-c4ccc(-c5ccccn5)cc4)n3)cc2)cc1.c1ccc(-c2ccc(-c3cc(-c4ccc(-c5ccccn5)cc4)nc(-c4ccc(-c5ccccn5)cc4)n3)cc2)nc1.c1ccc(-c2ccc(-c3nc(-c4cccc(-c5ccncc5)c4)cc(-c4cccc(-c5ccncc5)c4)n3)cc2)nc1. The van der Waals surface area contributed by atoms with Crippen LogP contribution in [0.3, 0.4) is 0 Å². The molecule has 594 valence electrons. The summed E-state index contributed by atoms with van der Waals surface area (Å²) in [4.78, 5) is 61.0. The van der Waals surface area contributed by atoms with Gasteiger partial charge in [-0.2, -0.15) is 0 Å². The summed E-state index contributed by atoms with van der Waals surface area (Å²) in [5.41, 5.74) is 33.3. The molecule has 10 heterocycles. The van der Waals surface area contributed by atoms with Crippen molar-refractivity contribution < 1.29 is 0 Å². The molecule has 0 aliphatic heterocycles. The molecule has 0 spiro atoms. The van der Waals surface area contributed by atoms with Crippen LogP contribution in [0.2, 0.25) is 0 Å². The molecule has 0 saturated heterocycles. The number of rotatable bonds is 18. The third-order valence-corrected chi connectivity index (χ3v) is 21.7. The van der Waals surface area contributed by atoms with E-state index in [0.29, 0.717) is 17.5 Å². The van der Waals surface area contributed by atoms with Crippen LogP contribution in [-0.2, 0) is 0 Å². The number of hydrogen-bond donors (Lipinski definition) is 0. The highest BCUT2D eigenvalue weighted by atomic mass is 14.9. The molecular formula is C113H77N13. The molecule has 11 aromatic carbocycles. The van der Waals surface area contributed by atoms with E-state index in [9.17, 15) is 0 Å². The Morgan fingerprint density at radius 1 is 0.103 bits per heavy atom. The standard InChI is InChI=1S/C39H27N3.2C37H25N5/c1-3-9-28(10-4-1)30-14-18-33(19-15-30)37-27-38(34-20-16-31(17-21-34)29-11-5-2-6-12-29)42-39(41-37)35-24-22-32(23-25-35)36-13-7-8-26-40-36;1-4-22-38-32(7-1)26-10-14-29(15-11-26)35-25-36(30-16-12-27(13-17-30)33-8-2-5-23-39-33)42-37(41-35)31-20-18-28(19-21-31)34-9-3-6-24-40-34;1-2-18-40-34(9-1)28-10-12-29(13-11-28)37-41-35(32-7-3-5-30(23-32)26-14-19-38-20-15-26)25-36(42-37)33-8-4-6-31(24-33)27-16-21-39-22-17-27/h1-27H;2*1-25H. The lowest BCUT2D eigenvalue weighted by molar-refractivity contribution is 1.18. The third-order valence-electron chi connectivity index (χ3n) is 21.7. The molecule has 0 bridgehead atoms. The normalized spacial score (nSPS) is 10.9. The summed E-state index contributed by atoms with van der Waals surface area (Å²) < 4.78 is 0. The molecule has 0 saturated carbocycles. The Morgan fingerprint density at radius 3 is 0.524 bits per heavy atom. The Bertz CT molecular complexity index is 6310. The smallest absolute Gasteiger partial charge is 0.160 e. The van der Waals surface area contributed by atoms with E-state index in [1.165, 1.54) is 22.3 Å². The molecule has 21 rings (SSSR count). The average molecular weight is 1620 g/mol. The van der Waals surface area contributed by atoms with Crippen molar-refractivity contribution in [3.05, 3.63) is 468 Å². The van der Waals surface area contributed by atoms with Crippen LogP contribution in [0.5, 0.6) is 0 Å². The maximum absolute atomic E-state index is 5.07. The predicted octanol–water partition coefficient (Wildman–Crippen LogP) is 27.2. The van der Waals surface area contributed by atoms with Crippen molar-refractivity contribution in [1.29, 1.82) is 0 Å². The lowest BCUT2D eigenvalue weighted by Crippen LogP contribution is -1.96. The largest absolute Gasteiger partial charge is 0.265 e. The van der Waals surface area contributed by atoms with Crippen molar-refractivity contribution in [2.75, 3.05) is 0 Å². The number of benzene rings is 11. The molecule has 10 aromatic heterocycles. The molecule has 0 unspecified atom stereocenters. The first-order valence-electron chi connectivity index (χ1n) is 41.5. The van der Waals surface area contributed by atoms with Gasteiger partial charge in [-0.15, -0.1) is 0 Å². The first-order valence-corrected chi connectivity index (χ1v) is 41.5. The van der Waals surface area contributed by atoms with Crippen LogP contribution in [0, 0.1) is 0 Å². The Kier molecular flexibility index (Phi) is 23.4. The van der Waals surface area contributed by atoms with Gasteiger partial charge < -0.3 is 0 Å². The second kappa shape index (κ2) is 37.6. The van der Waals surface area contributed by atoms with Gasteiger partial charge in [0.2, 0.25) is 0 Å². The number of pyridine rings is 7. The summed E-state index contributed by atoms with van der Waals surface area (Å²) in [5.74, 6) is 2.02. The van der Waals surface area contributed by atoms with E-state index in [0.717, 1.165) is 163 Å². The van der Waals surface area contributed by atoms with E-state index in [4.69, 9.17) is 29.9 Å². The van der Waals surface area contributed by atoms with Crippen molar-refractivity contribution in [2.45, 2.75) is 0 Å². The molecule has 0 aliphatic carbocycles. The molecule has 0 fully saturated rings. The maximum atomic E-state index is 5.07. The van der Waals surface area contributed by atoms with Crippen LogP contribution >= 0.6 is 0 Å². The van der Waals surface area contributed by atoms with Crippen molar-refractivity contribution >= 4 is 0 Å². The summed E-state index contributed by atoms with van der Waals surface area (Å²) in [6.07, 6.45) is 16.3. The fraction of sp³-hybridized carbons (Fsp3) is 0. The Hall–Kier alpha value is -17.3. The van der Waals surface area contributed by atoms with Crippen LogP contribution in [0.15, 0.2) is 468 Å². The lowest BCUT2D eigenvalue weighted by atomic mass is 9.99. The summed E-state index contributed by atoms with van der Waals surface area (Å²) in [6.45, 7) is 0. The first-order chi connectivity index (χ1) is 62.4. The van der Waals surface area contributed by atoms with Gasteiger partial charge in [0, 0.05) is 134 Å². The minimum atomic E-state index is 0.665. The van der Waals surface area contributed by atoms with Crippen molar-refractivity contribution in [3.63, 3.8) is 0 Å². The molecule has 0 amide bonds. The molecule has 0 N–H and O–H groups in total. The van der Waals surface area contributed by atoms with E-state index in [1.54, 1.807) is 6.20 Å². The lowest BCUT2D eigenvalue weighted by Gasteiger charge is -2.12. The van der Waals surface area contributed by atoms with Gasteiger partial charge in [-0.3, -0.25) is 34.9 Å². The summed E-state index contributed by atoms with van der Waals surface area (Å²) in [7, 11) is 0. The van der Waals surface area contributed by atoms with E-state index >= 15 is 0 Å². The quantitative estimate of drug-likeness (QED) is 0.0797. The third kappa shape index (κ3) is 18.7. The molecular weight excluding hydrogens is 1540 g/mol. The zero-order chi connectivity index (χ0) is 84.4. The topological polar surface area (TPSA) is 168 Å². The number of aromatic nitrogens is 13. The molecule has 13 nitrogen and oxygen atoms in total.